The molecule has 1 aromatic rings. The van der Waals surface area contributed by atoms with Crippen molar-refractivity contribution in [2.75, 3.05) is 6.54 Å². The highest BCUT2D eigenvalue weighted by Crippen LogP contribution is 2.29. The van der Waals surface area contributed by atoms with Crippen LogP contribution in [0.25, 0.3) is 0 Å². The van der Waals surface area contributed by atoms with E-state index in [2.05, 4.69) is 10.1 Å². The predicted molar refractivity (Wildman–Crippen MR) is 70.6 cm³/mol. The number of benzene rings is 1. The van der Waals surface area contributed by atoms with Crippen LogP contribution >= 0.6 is 0 Å². The SMILES string of the molecule is CC(C)NC[C@H](c1ccc(OC(F)(F)F)c(F)c1)C(C)O. The fourth-order valence-corrected chi connectivity index (χ4v) is 1.88. The van der Waals surface area contributed by atoms with Gasteiger partial charge in [0.1, 0.15) is 0 Å². The Bertz CT molecular complexity index is 461. The van der Waals surface area contributed by atoms with Crippen molar-refractivity contribution in [1.82, 2.24) is 5.32 Å². The zero-order valence-electron chi connectivity index (χ0n) is 12.0. The van der Waals surface area contributed by atoms with Gasteiger partial charge in [0.05, 0.1) is 6.10 Å². The molecule has 0 spiro atoms. The molecule has 0 aliphatic rings. The Labute approximate surface area is 120 Å². The molecule has 0 amide bonds. The Hall–Kier alpha value is -1.34. The minimum atomic E-state index is -4.94. The van der Waals surface area contributed by atoms with E-state index >= 15 is 0 Å². The number of alkyl halides is 3. The first-order chi connectivity index (χ1) is 9.60. The molecule has 0 fully saturated rings. The van der Waals surface area contributed by atoms with Crippen molar-refractivity contribution in [2.24, 2.45) is 0 Å². The second-order valence-corrected chi connectivity index (χ2v) is 5.15. The van der Waals surface area contributed by atoms with Crippen molar-refractivity contribution in [3.63, 3.8) is 0 Å². The first kappa shape index (κ1) is 17.7. The number of aliphatic hydroxyl groups is 1. The summed E-state index contributed by atoms with van der Waals surface area (Å²) < 4.78 is 53.5. The molecule has 1 aromatic carbocycles. The number of hydrogen-bond acceptors (Lipinski definition) is 3. The molecule has 0 heterocycles. The van der Waals surface area contributed by atoms with Crippen molar-refractivity contribution in [3.05, 3.63) is 29.6 Å². The summed E-state index contributed by atoms with van der Waals surface area (Å²) in [7, 11) is 0. The first-order valence-corrected chi connectivity index (χ1v) is 6.56. The number of nitrogens with one attached hydrogen (secondary N) is 1. The Balaban J connectivity index is 2.93. The van der Waals surface area contributed by atoms with Gasteiger partial charge >= 0.3 is 6.36 Å². The number of hydrogen-bond donors (Lipinski definition) is 2. The van der Waals surface area contributed by atoms with Crippen LogP contribution in [-0.2, 0) is 0 Å². The Morgan fingerprint density at radius 1 is 1.24 bits per heavy atom. The lowest BCUT2D eigenvalue weighted by molar-refractivity contribution is -0.275. The lowest BCUT2D eigenvalue weighted by Crippen LogP contribution is -2.32. The van der Waals surface area contributed by atoms with Gasteiger partial charge < -0.3 is 15.2 Å². The Morgan fingerprint density at radius 3 is 2.29 bits per heavy atom. The van der Waals surface area contributed by atoms with E-state index in [1.54, 1.807) is 6.92 Å². The lowest BCUT2D eigenvalue weighted by atomic mass is 9.93. The second-order valence-electron chi connectivity index (χ2n) is 5.15. The average Bonchev–Trinajstić information content (AvgIpc) is 2.30. The van der Waals surface area contributed by atoms with Crippen LogP contribution in [0.3, 0.4) is 0 Å². The molecular weight excluding hydrogens is 290 g/mol. The highest BCUT2D eigenvalue weighted by atomic mass is 19.4. The summed E-state index contributed by atoms with van der Waals surface area (Å²) in [5.41, 5.74) is 0.408. The van der Waals surface area contributed by atoms with Gasteiger partial charge in [0, 0.05) is 18.5 Å². The van der Waals surface area contributed by atoms with E-state index in [0.29, 0.717) is 12.1 Å². The van der Waals surface area contributed by atoms with Crippen molar-refractivity contribution in [2.45, 2.75) is 45.2 Å². The van der Waals surface area contributed by atoms with Crippen LogP contribution in [0.2, 0.25) is 0 Å². The van der Waals surface area contributed by atoms with Crippen LogP contribution < -0.4 is 10.1 Å². The number of aliphatic hydroxyl groups excluding tert-OH is 1. The quantitative estimate of drug-likeness (QED) is 0.793. The van der Waals surface area contributed by atoms with Crippen LogP contribution in [-0.4, -0.2) is 30.2 Å². The fourth-order valence-electron chi connectivity index (χ4n) is 1.88. The fraction of sp³-hybridized carbons (Fsp3) is 0.571. The molecule has 2 N–H and O–H groups in total. The van der Waals surface area contributed by atoms with Crippen LogP contribution in [0.1, 0.15) is 32.3 Å². The van der Waals surface area contributed by atoms with E-state index in [9.17, 15) is 22.7 Å². The summed E-state index contributed by atoms with van der Waals surface area (Å²) in [5, 5.41) is 12.9. The van der Waals surface area contributed by atoms with E-state index < -0.39 is 30.0 Å². The maximum Gasteiger partial charge on any atom is 0.573 e. The third-order valence-corrected chi connectivity index (χ3v) is 2.94. The van der Waals surface area contributed by atoms with Gasteiger partial charge in [-0.05, 0) is 24.6 Å². The predicted octanol–water partition coefficient (Wildman–Crippen LogP) is 3.19. The molecule has 0 radical (unpaired) electrons. The maximum atomic E-state index is 13.7. The molecule has 0 saturated heterocycles. The van der Waals surface area contributed by atoms with Crippen molar-refractivity contribution in [1.29, 1.82) is 0 Å². The van der Waals surface area contributed by atoms with E-state index in [-0.39, 0.29) is 6.04 Å². The molecule has 120 valence electrons. The first-order valence-electron chi connectivity index (χ1n) is 6.56. The summed E-state index contributed by atoms with van der Waals surface area (Å²) in [6.45, 7) is 5.76. The maximum absolute atomic E-state index is 13.7. The van der Waals surface area contributed by atoms with E-state index in [4.69, 9.17) is 0 Å². The molecule has 0 aliphatic carbocycles. The van der Waals surface area contributed by atoms with Gasteiger partial charge in [0.25, 0.3) is 0 Å². The molecule has 0 saturated carbocycles. The minimum absolute atomic E-state index is 0.170. The molecule has 1 rings (SSSR count). The monoisotopic (exact) mass is 309 g/mol. The third kappa shape index (κ3) is 5.89. The van der Waals surface area contributed by atoms with Gasteiger partial charge in [-0.2, -0.15) is 0 Å². The molecule has 2 atom stereocenters. The highest BCUT2D eigenvalue weighted by Gasteiger charge is 2.32. The molecule has 21 heavy (non-hydrogen) atoms. The summed E-state index contributed by atoms with van der Waals surface area (Å²) in [5.74, 6) is -2.42. The average molecular weight is 309 g/mol. The third-order valence-electron chi connectivity index (χ3n) is 2.94. The van der Waals surface area contributed by atoms with E-state index in [1.165, 1.54) is 6.07 Å². The van der Waals surface area contributed by atoms with Crippen LogP contribution in [0, 0.1) is 5.82 Å². The van der Waals surface area contributed by atoms with Crippen molar-refractivity contribution >= 4 is 0 Å². The van der Waals surface area contributed by atoms with Gasteiger partial charge in [0.15, 0.2) is 11.6 Å². The zero-order chi connectivity index (χ0) is 16.2. The van der Waals surface area contributed by atoms with Gasteiger partial charge in [-0.3, -0.25) is 0 Å². The normalized spacial score (nSPS) is 15.1. The standard InChI is InChI=1S/C14H19F4NO2/c1-8(2)19-7-11(9(3)20)10-4-5-13(12(15)6-10)21-14(16,17)18/h4-6,8-9,11,19-20H,7H2,1-3H3/t9?,11-/m0/s1. The topological polar surface area (TPSA) is 41.5 Å². The summed E-state index contributed by atoms with van der Waals surface area (Å²) >= 11 is 0. The summed E-state index contributed by atoms with van der Waals surface area (Å²) in [6, 6.07) is 3.37. The van der Waals surface area contributed by atoms with Crippen LogP contribution in [0.15, 0.2) is 18.2 Å². The van der Waals surface area contributed by atoms with Gasteiger partial charge in [-0.1, -0.05) is 19.9 Å². The molecule has 3 nitrogen and oxygen atoms in total. The van der Waals surface area contributed by atoms with Crippen molar-refractivity contribution in [3.8, 4) is 5.75 Å². The summed E-state index contributed by atoms with van der Waals surface area (Å²) in [4.78, 5) is 0. The zero-order valence-corrected chi connectivity index (χ0v) is 12.0. The largest absolute Gasteiger partial charge is 0.573 e. The van der Waals surface area contributed by atoms with Crippen LogP contribution in [0.4, 0.5) is 17.6 Å². The number of rotatable bonds is 6. The summed E-state index contributed by atoms with van der Waals surface area (Å²) in [6.07, 6.45) is -5.71. The molecule has 0 bridgehead atoms. The smallest absolute Gasteiger partial charge is 0.403 e. The Kier molecular flexibility index (Phi) is 5.98. The molecule has 0 aromatic heterocycles. The lowest BCUT2D eigenvalue weighted by Gasteiger charge is -2.23. The molecular formula is C14H19F4NO2. The minimum Gasteiger partial charge on any atom is -0.403 e. The molecule has 1 unspecified atom stereocenters. The van der Waals surface area contributed by atoms with Crippen molar-refractivity contribution < 1.29 is 27.4 Å². The van der Waals surface area contributed by atoms with E-state index in [0.717, 1.165) is 12.1 Å². The van der Waals surface area contributed by atoms with Gasteiger partial charge in [-0.25, -0.2) is 4.39 Å². The van der Waals surface area contributed by atoms with Gasteiger partial charge in [0.2, 0.25) is 0 Å². The van der Waals surface area contributed by atoms with E-state index in [1.807, 2.05) is 13.8 Å². The molecule has 7 heteroatoms. The van der Waals surface area contributed by atoms with Gasteiger partial charge in [-0.15, -0.1) is 13.2 Å². The second kappa shape index (κ2) is 7.09. The highest BCUT2D eigenvalue weighted by molar-refractivity contribution is 5.32. The molecule has 0 aliphatic heterocycles. The number of halogens is 4. The Morgan fingerprint density at radius 2 is 1.86 bits per heavy atom. The number of ether oxygens (including phenoxy) is 1. The van der Waals surface area contributed by atoms with Crippen LogP contribution in [0.5, 0.6) is 5.75 Å².